The fourth-order valence-corrected chi connectivity index (χ4v) is 5.04. The van der Waals surface area contributed by atoms with Gasteiger partial charge in [0.1, 0.15) is 17.6 Å². The molecule has 1 saturated heterocycles. The molecule has 178 valence electrons. The van der Waals surface area contributed by atoms with Gasteiger partial charge in [0.15, 0.2) is 0 Å². The first-order chi connectivity index (χ1) is 16.2. The number of aryl methyl sites for hydroxylation is 2. The van der Waals surface area contributed by atoms with Gasteiger partial charge >= 0.3 is 5.63 Å². The fourth-order valence-electron chi connectivity index (χ4n) is 3.87. The summed E-state index contributed by atoms with van der Waals surface area (Å²) in [7, 11) is -3.71. The van der Waals surface area contributed by atoms with E-state index in [-0.39, 0.29) is 16.9 Å². The molecule has 0 saturated carbocycles. The van der Waals surface area contributed by atoms with Crippen molar-refractivity contribution in [2.24, 2.45) is 0 Å². The molecule has 1 aliphatic heterocycles. The minimum Gasteiger partial charge on any atom is -0.490 e. The van der Waals surface area contributed by atoms with Crippen molar-refractivity contribution in [1.29, 1.82) is 0 Å². The van der Waals surface area contributed by atoms with Gasteiger partial charge in [-0.25, -0.2) is 13.2 Å². The second kappa shape index (κ2) is 9.72. The average Bonchev–Trinajstić information content (AvgIpc) is 2.79. The molecule has 1 amide bonds. The SMILES string of the molecule is Cc1cccc(S(=O)(=O)Nc2ccc(C(=O)N3CCC(Oc4cc(C)oc(=O)c4)CC3)cc2)c1. The third kappa shape index (κ3) is 5.66. The van der Waals surface area contributed by atoms with Crippen LogP contribution in [0.4, 0.5) is 5.69 Å². The molecule has 1 fully saturated rings. The van der Waals surface area contributed by atoms with Gasteiger partial charge in [-0.3, -0.25) is 9.52 Å². The minimum atomic E-state index is -3.71. The molecule has 4 rings (SSSR count). The van der Waals surface area contributed by atoms with Gasteiger partial charge in [0.05, 0.1) is 11.0 Å². The molecule has 0 aliphatic carbocycles. The lowest BCUT2D eigenvalue weighted by molar-refractivity contribution is 0.0594. The number of carbonyl (C=O) groups is 1. The summed E-state index contributed by atoms with van der Waals surface area (Å²) in [6.07, 6.45) is 1.18. The molecule has 3 aromatic rings. The number of likely N-dealkylation sites (tertiary alicyclic amines) is 1. The summed E-state index contributed by atoms with van der Waals surface area (Å²) in [6.45, 7) is 4.56. The molecule has 0 spiro atoms. The van der Waals surface area contributed by atoms with Crippen LogP contribution in [0.5, 0.6) is 5.75 Å². The number of anilines is 1. The smallest absolute Gasteiger partial charge is 0.339 e. The van der Waals surface area contributed by atoms with Crippen molar-refractivity contribution in [1.82, 2.24) is 4.90 Å². The lowest BCUT2D eigenvalue weighted by Crippen LogP contribution is -2.41. The Bertz CT molecular complexity index is 1340. The molecule has 2 heterocycles. The number of rotatable bonds is 6. The normalized spacial score (nSPS) is 14.6. The van der Waals surface area contributed by atoms with E-state index in [1.54, 1.807) is 54.3 Å². The Morgan fingerprint density at radius 2 is 1.74 bits per heavy atom. The second-order valence-electron chi connectivity index (χ2n) is 8.33. The van der Waals surface area contributed by atoms with Crippen LogP contribution in [0, 0.1) is 13.8 Å². The van der Waals surface area contributed by atoms with E-state index in [2.05, 4.69) is 4.72 Å². The first-order valence-corrected chi connectivity index (χ1v) is 12.5. The molecule has 34 heavy (non-hydrogen) atoms. The van der Waals surface area contributed by atoms with E-state index in [1.807, 2.05) is 13.0 Å². The number of nitrogens with zero attached hydrogens (tertiary/aromatic N) is 1. The van der Waals surface area contributed by atoms with Crippen molar-refractivity contribution in [2.45, 2.75) is 37.7 Å². The third-order valence-corrected chi connectivity index (χ3v) is 6.96. The molecule has 2 aromatic carbocycles. The van der Waals surface area contributed by atoms with E-state index < -0.39 is 15.6 Å². The van der Waals surface area contributed by atoms with Gasteiger partial charge in [0, 0.05) is 43.2 Å². The van der Waals surface area contributed by atoms with Crippen LogP contribution in [-0.4, -0.2) is 38.4 Å². The second-order valence-corrected chi connectivity index (χ2v) is 10.0. The molecule has 0 radical (unpaired) electrons. The topological polar surface area (TPSA) is 106 Å². The van der Waals surface area contributed by atoms with Gasteiger partial charge < -0.3 is 14.1 Å². The molecular weight excluding hydrogens is 456 g/mol. The number of nitrogens with one attached hydrogen (secondary N) is 1. The quantitative estimate of drug-likeness (QED) is 0.574. The molecule has 0 atom stereocenters. The van der Waals surface area contributed by atoms with Gasteiger partial charge in [0.25, 0.3) is 15.9 Å². The summed E-state index contributed by atoms with van der Waals surface area (Å²) >= 11 is 0. The largest absolute Gasteiger partial charge is 0.490 e. The van der Waals surface area contributed by atoms with Crippen LogP contribution in [0.2, 0.25) is 0 Å². The molecule has 0 bridgehead atoms. The van der Waals surface area contributed by atoms with Gasteiger partial charge in [-0.05, 0) is 55.8 Å². The highest BCUT2D eigenvalue weighted by Gasteiger charge is 2.25. The van der Waals surface area contributed by atoms with Crippen molar-refractivity contribution in [3.63, 3.8) is 0 Å². The summed E-state index contributed by atoms with van der Waals surface area (Å²) in [5.74, 6) is 0.838. The number of hydrogen-bond acceptors (Lipinski definition) is 6. The van der Waals surface area contributed by atoms with E-state index in [0.29, 0.717) is 48.7 Å². The van der Waals surface area contributed by atoms with Crippen LogP contribution in [0.15, 0.2) is 74.8 Å². The monoisotopic (exact) mass is 482 g/mol. The van der Waals surface area contributed by atoms with Crippen LogP contribution < -0.4 is 15.1 Å². The van der Waals surface area contributed by atoms with Gasteiger partial charge in [-0.15, -0.1) is 0 Å². The fraction of sp³-hybridized carbons (Fsp3) is 0.280. The van der Waals surface area contributed by atoms with Crippen LogP contribution in [0.1, 0.15) is 34.5 Å². The van der Waals surface area contributed by atoms with Crippen molar-refractivity contribution in [2.75, 3.05) is 17.8 Å². The first-order valence-electron chi connectivity index (χ1n) is 11.0. The number of benzene rings is 2. The Labute approximate surface area is 198 Å². The maximum absolute atomic E-state index is 12.9. The summed E-state index contributed by atoms with van der Waals surface area (Å²) in [5, 5.41) is 0. The lowest BCUT2D eigenvalue weighted by Gasteiger charge is -2.32. The van der Waals surface area contributed by atoms with E-state index in [9.17, 15) is 18.0 Å². The van der Waals surface area contributed by atoms with Crippen LogP contribution >= 0.6 is 0 Å². The van der Waals surface area contributed by atoms with Crippen molar-refractivity contribution < 1.29 is 22.4 Å². The molecule has 0 unspecified atom stereocenters. The number of carbonyl (C=O) groups excluding carboxylic acids is 1. The minimum absolute atomic E-state index is 0.0938. The molecule has 1 N–H and O–H groups in total. The van der Waals surface area contributed by atoms with E-state index >= 15 is 0 Å². The number of piperidine rings is 1. The van der Waals surface area contributed by atoms with Gasteiger partial charge in [0.2, 0.25) is 0 Å². The number of ether oxygens (including phenoxy) is 1. The Hall–Kier alpha value is -3.59. The predicted molar refractivity (Wildman–Crippen MR) is 128 cm³/mol. The first kappa shape index (κ1) is 23.6. The highest BCUT2D eigenvalue weighted by molar-refractivity contribution is 7.92. The summed E-state index contributed by atoms with van der Waals surface area (Å²) in [6, 6.07) is 16.0. The zero-order valence-corrected chi connectivity index (χ0v) is 19.8. The van der Waals surface area contributed by atoms with Crippen molar-refractivity contribution in [3.8, 4) is 5.75 Å². The van der Waals surface area contributed by atoms with Gasteiger partial charge in [-0.1, -0.05) is 12.1 Å². The average molecular weight is 483 g/mol. The Kier molecular flexibility index (Phi) is 6.74. The van der Waals surface area contributed by atoms with Crippen LogP contribution in [-0.2, 0) is 10.0 Å². The molecule has 9 heteroatoms. The zero-order valence-electron chi connectivity index (χ0n) is 19.0. The lowest BCUT2D eigenvalue weighted by atomic mass is 10.1. The summed E-state index contributed by atoms with van der Waals surface area (Å²) in [4.78, 5) is 26.3. The maximum atomic E-state index is 12.9. The predicted octanol–water partition coefficient (Wildman–Crippen LogP) is 3.74. The van der Waals surface area contributed by atoms with E-state index in [4.69, 9.17) is 9.15 Å². The molecule has 1 aliphatic rings. The van der Waals surface area contributed by atoms with Crippen LogP contribution in [0.25, 0.3) is 0 Å². The van der Waals surface area contributed by atoms with Crippen molar-refractivity contribution >= 4 is 21.6 Å². The number of hydrogen-bond donors (Lipinski definition) is 1. The highest BCUT2D eigenvalue weighted by Crippen LogP contribution is 2.22. The number of amides is 1. The Balaban J connectivity index is 1.34. The third-order valence-electron chi connectivity index (χ3n) is 5.58. The maximum Gasteiger partial charge on any atom is 0.339 e. The summed E-state index contributed by atoms with van der Waals surface area (Å²) < 4.78 is 38.6. The number of sulfonamides is 1. The molecular formula is C25H26N2O6S. The van der Waals surface area contributed by atoms with Crippen LogP contribution in [0.3, 0.4) is 0 Å². The van der Waals surface area contributed by atoms with Crippen molar-refractivity contribution in [3.05, 3.63) is 88.0 Å². The van der Waals surface area contributed by atoms with Gasteiger partial charge in [-0.2, -0.15) is 0 Å². The molecule has 8 nitrogen and oxygen atoms in total. The van der Waals surface area contributed by atoms with E-state index in [1.165, 1.54) is 12.1 Å². The molecule has 1 aromatic heterocycles. The standard InChI is InChI=1S/C25H26N2O6S/c1-17-4-3-5-23(14-17)34(30,31)26-20-8-6-19(7-9-20)25(29)27-12-10-21(11-13-27)33-22-15-18(2)32-24(28)16-22/h3-9,14-16,21,26H,10-13H2,1-2H3. The Morgan fingerprint density at radius 1 is 1.03 bits per heavy atom. The highest BCUT2D eigenvalue weighted by atomic mass is 32.2. The summed E-state index contributed by atoms with van der Waals surface area (Å²) in [5.41, 5.74) is 1.26. The Morgan fingerprint density at radius 3 is 2.38 bits per heavy atom. The zero-order chi connectivity index (χ0) is 24.3. The van der Waals surface area contributed by atoms with E-state index in [0.717, 1.165) is 5.56 Å².